The molecule has 4 saturated carbocycles. The molecule has 0 amide bonds. The Morgan fingerprint density at radius 3 is 1.95 bits per heavy atom. The van der Waals surface area contributed by atoms with E-state index in [1.807, 2.05) is 0 Å². The second-order valence-corrected chi connectivity index (χ2v) is 6.97. The van der Waals surface area contributed by atoms with E-state index in [4.69, 9.17) is 10.7 Å². The zero-order valence-corrected chi connectivity index (χ0v) is 15.3. The highest BCUT2D eigenvalue weighted by molar-refractivity contribution is 14.0. The molecule has 0 aromatic heterocycles. The second kappa shape index (κ2) is 6.84. The molecule has 4 aliphatic carbocycles. The van der Waals surface area contributed by atoms with Crippen molar-refractivity contribution in [1.29, 1.82) is 0 Å². The number of aliphatic imine (C=N–C) groups is 1. The first-order valence-corrected chi connectivity index (χ1v) is 8.26. The van der Waals surface area contributed by atoms with Crippen LogP contribution in [0.5, 0.6) is 0 Å². The van der Waals surface area contributed by atoms with Crippen LogP contribution < -0.4 is 5.73 Å². The highest BCUT2D eigenvalue weighted by Crippen LogP contribution is 2.56. The summed E-state index contributed by atoms with van der Waals surface area (Å²) >= 11 is 0. The number of nitrogens with two attached hydrogens (primary N) is 1. The predicted molar refractivity (Wildman–Crippen MR) is 95.4 cm³/mol. The third kappa shape index (κ3) is 3.09. The number of halogens is 1. The van der Waals surface area contributed by atoms with Gasteiger partial charge in [0.2, 0.25) is 0 Å². The van der Waals surface area contributed by atoms with Gasteiger partial charge in [-0.1, -0.05) is 0 Å². The Kier molecular flexibility index (Phi) is 5.60. The van der Waals surface area contributed by atoms with E-state index in [0.717, 1.165) is 55.2 Å². The largest absolute Gasteiger partial charge is 0.370 e. The van der Waals surface area contributed by atoms with E-state index < -0.39 is 0 Å². The number of rotatable bonds is 4. The Labute approximate surface area is 140 Å². The number of hydrogen-bond donors (Lipinski definition) is 1. The summed E-state index contributed by atoms with van der Waals surface area (Å²) in [7, 11) is 0. The monoisotopic (exact) mass is 391 g/mol. The summed E-state index contributed by atoms with van der Waals surface area (Å²) in [5, 5.41) is 0. The molecule has 4 bridgehead atoms. The van der Waals surface area contributed by atoms with Gasteiger partial charge in [0, 0.05) is 19.6 Å². The predicted octanol–water partition coefficient (Wildman–Crippen LogP) is 3.33. The van der Waals surface area contributed by atoms with Gasteiger partial charge >= 0.3 is 0 Å². The third-order valence-corrected chi connectivity index (χ3v) is 5.97. The van der Waals surface area contributed by atoms with Crippen molar-refractivity contribution < 1.29 is 0 Å². The molecule has 0 saturated heterocycles. The highest BCUT2D eigenvalue weighted by Gasteiger charge is 2.47. The summed E-state index contributed by atoms with van der Waals surface area (Å²) < 4.78 is 0. The van der Waals surface area contributed by atoms with Gasteiger partial charge < -0.3 is 10.6 Å². The molecule has 4 rings (SSSR count). The Morgan fingerprint density at radius 1 is 1.00 bits per heavy atom. The molecule has 4 aliphatic rings. The Bertz CT molecular complexity index is 324. The maximum Gasteiger partial charge on any atom is 0.191 e. The van der Waals surface area contributed by atoms with E-state index in [2.05, 4.69) is 18.7 Å². The van der Waals surface area contributed by atoms with Gasteiger partial charge in [0.1, 0.15) is 0 Å². The van der Waals surface area contributed by atoms with Crippen LogP contribution >= 0.6 is 24.0 Å². The molecule has 0 aliphatic heterocycles. The average molecular weight is 391 g/mol. The van der Waals surface area contributed by atoms with Gasteiger partial charge in [-0.25, -0.2) is 0 Å². The van der Waals surface area contributed by atoms with E-state index in [-0.39, 0.29) is 24.0 Å². The molecule has 0 aromatic rings. The lowest BCUT2D eigenvalue weighted by Crippen LogP contribution is -2.46. The molecule has 116 valence electrons. The van der Waals surface area contributed by atoms with E-state index >= 15 is 0 Å². The maximum atomic E-state index is 6.12. The van der Waals surface area contributed by atoms with Gasteiger partial charge in [0.05, 0.1) is 0 Å². The van der Waals surface area contributed by atoms with Crippen LogP contribution in [0.1, 0.15) is 46.0 Å². The van der Waals surface area contributed by atoms with Gasteiger partial charge in [-0.15, -0.1) is 24.0 Å². The molecule has 0 heterocycles. The molecule has 0 aromatic carbocycles. The summed E-state index contributed by atoms with van der Waals surface area (Å²) in [6, 6.07) is 0. The van der Waals surface area contributed by atoms with Crippen LogP contribution in [-0.2, 0) is 0 Å². The normalized spacial score (nSPS) is 38.7. The van der Waals surface area contributed by atoms with E-state index in [1.165, 1.54) is 32.1 Å². The lowest BCUT2D eigenvalue weighted by Gasteiger charge is -2.54. The minimum absolute atomic E-state index is 0. The van der Waals surface area contributed by atoms with Crippen molar-refractivity contribution in [3.05, 3.63) is 0 Å². The van der Waals surface area contributed by atoms with Gasteiger partial charge in [0.15, 0.2) is 5.96 Å². The molecule has 0 radical (unpaired) electrons. The Balaban J connectivity index is 0.00000147. The van der Waals surface area contributed by atoms with Gasteiger partial charge in [-0.05, 0) is 75.5 Å². The minimum atomic E-state index is 0. The molecule has 0 spiro atoms. The molecule has 0 atom stereocenters. The van der Waals surface area contributed by atoms with Crippen LogP contribution in [0.4, 0.5) is 0 Å². The fourth-order valence-corrected chi connectivity index (χ4v) is 5.18. The third-order valence-electron chi connectivity index (χ3n) is 5.97. The molecule has 0 unspecified atom stereocenters. The number of nitrogens with zero attached hydrogens (tertiary/aromatic N) is 2. The molecular weight excluding hydrogens is 361 g/mol. The smallest absolute Gasteiger partial charge is 0.191 e. The zero-order chi connectivity index (χ0) is 13.4. The first kappa shape index (κ1) is 16.4. The first-order chi connectivity index (χ1) is 9.21. The van der Waals surface area contributed by atoms with Crippen LogP contribution in [-0.4, -0.2) is 30.5 Å². The summed E-state index contributed by atoms with van der Waals surface area (Å²) in [6.07, 6.45) is 7.47. The van der Waals surface area contributed by atoms with Crippen LogP contribution in [0.25, 0.3) is 0 Å². The zero-order valence-electron chi connectivity index (χ0n) is 12.9. The summed E-state index contributed by atoms with van der Waals surface area (Å²) in [5.41, 5.74) is 6.12. The number of hydrogen-bond acceptors (Lipinski definition) is 1. The quantitative estimate of drug-likeness (QED) is 0.454. The van der Waals surface area contributed by atoms with Gasteiger partial charge in [-0.2, -0.15) is 0 Å². The van der Waals surface area contributed by atoms with Crippen molar-refractivity contribution in [3.8, 4) is 0 Å². The summed E-state index contributed by atoms with van der Waals surface area (Å²) in [6.45, 7) is 7.21. The summed E-state index contributed by atoms with van der Waals surface area (Å²) in [4.78, 5) is 6.90. The van der Waals surface area contributed by atoms with E-state index in [0.29, 0.717) is 0 Å². The topological polar surface area (TPSA) is 41.6 Å². The SMILES string of the molecule is CCN(CC)C(N)=NCC1C2CC3CC(C2)CC1C3.I. The number of guanidine groups is 1. The fourth-order valence-electron chi connectivity index (χ4n) is 5.18. The summed E-state index contributed by atoms with van der Waals surface area (Å²) in [5.74, 6) is 5.64. The van der Waals surface area contributed by atoms with E-state index in [9.17, 15) is 0 Å². The molecule has 4 fully saturated rings. The van der Waals surface area contributed by atoms with Gasteiger partial charge in [-0.3, -0.25) is 4.99 Å². The van der Waals surface area contributed by atoms with Crippen LogP contribution in [0.15, 0.2) is 4.99 Å². The first-order valence-electron chi connectivity index (χ1n) is 8.26. The van der Waals surface area contributed by atoms with Crippen LogP contribution in [0.3, 0.4) is 0 Å². The van der Waals surface area contributed by atoms with Crippen molar-refractivity contribution >= 4 is 29.9 Å². The van der Waals surface area contributed by atoms with Crippen molar-refractivity contribution in [2.45, 2.75) is 46.0 Å². The lowest BCUT2D eigenvalue weighted by atomic mass is 9.52. The highest BCUT2D eigenvalue weighted by atomic mass is 127. The standard InChI is InChI=1S/C16H29N3.HI/c1-3-19(4-2)16(17)18-10-15-13-6-11-5-12(8-13)9-14(15)7-11;/h11-15H,3-10H2,1-2H3,(H2,17,18);1H. The maximum absolute atomic E-state index is 6.12. The fraction of sp³-hybridized carbons (Fsp3) is 0.938. The lowest BCUT2D eigenvalue weighted by molar-refractivity contribution is -0.0320. The Hall–Kier alpha value is 0. The second-order valence-electron chi connectivity index (χ2n) is 6.97. The molecular formula is C16H30IN3. The van der Waals surface area contributed by atoms with Crippen molar-refractivity contribution in [3.63, 3.8) is 0 Å². The van der Waals surface area contributed by atoms with Crippen molar-refractivity contribution in [2.24, 2.45) is 40.3 Å². The van der Waals surface area contributed by atoms with Crippen LogP contribution in [0.2, 0.25) is 0 Å². The molecule has 20 heavy (non-hydrogen) atoms. The van der Waals surface area contributed by atoms with E-state index in [1.54, 1.807) is 0 Å². The van der Waals surface area contributed by atoms with Gasteiger partial charge in [0.25, 0.3) is 0 Å². The molecule has 2 N–H and O–H groups in total. The van der Waals surface area contributed by atoms with Crippen LogP contribution in [0, 0.1) is 29.6 Å². The Morgan fingerprint density at radius 2 is 1.50 bits per heavy atom. The van der Waals surface area contributed by atoms with Crippen molar-refractivity contribution in [2.75, 3.05) is 19.6 Å². The average Bonchev–Trinajstić information content (AvgIpc) is 2.38. The van der Waals surface area contributed by atoms with Crippen molar-refractivity contribution in [1.82, 2.24) is 4.90 Å². The molecule has 3 nitrogen and oxygen atoms in total. The minimum Gasteiger partial charge on any atom is -0.370 e. The molecule has 4 heteroatoms.